The third-order valence-corrected chi connectivity index (χ3v) is 3.45. The Morgan fingerprint density at radius 2 is 2.00 bits per heavy atom. The van der Waals surface area contributed by atoms with Gasteiger partial charge in [0.2, 0.25) is 0 Å². The van der Waals surface area contributed by atoms with Gasteiger partial charge in [0.1, 0.15) is 0 Å². The van der Waals surface area contributed by atoms with E-state index in [0.29, 0.717) is 5.56 Å². The van der Waals surface area contributed by atoms with Crippen molar-refractivity contribution in [2.45, 2.75) is 13.3 Å². The maximum atomic E-state index is 12.3. The number of carbonyl (C=O) groups excluding carboxylic acids is 1. The van der Waals surface area contributed by atoms with E-state index in [1.807, 2.05) is 30.3 Å². The molecule has 0 unspecified atom stereocenters. The molecule has 0 saturated heterocycles. The highest BCUT2D eigenvalue weighted by Crippen LogP contribution is 2.17. The highest BCUT2D eigenvalue weighted by atomic mass is 127. The lowest BCUT2D eigenvalue weighted by molar-refractivity contribution is 0.102. The molecule has 4 nitrogen and oxygen atoms in total. The van der Waals surface area contributed by atoms with E-state index in [4.69, 9.17) is 0 Å². The second-order valence-corrected chi connectivity index (χ2v) is 5.55. The van der Waals surface area contributed by atoms with Crippen molar-refractivity contribution in [3.8, 4) is 0 Å². The predicted molar refractivity (Wildman–Crippen MR) is 90.1 cm³/mol. The number of aromatic nitrogens is 1. The average molecular weight is 381 g/mol. The number of nitrogens with zero attached hydrogens (tertiary/aromatic N) is 1. The van der Waals surface area contributed by atoms with Crippen LogP contribution in [0, 0.1) is 3.57 Å². The first kappa shape index (κ1) is 14.8. The molecule has 0 radical (unpaired) electrons. The SMILES string of the molecule is CCCNc1ccncc1C(=O)Nc1ccc(I)cc1. The summed E-state index contributed by atoms with van der Waals surface area (Å²) in [5, 5.41) is 6.12. The van der Waals surface area contributed by atoms with Gasteiger partial charge in [-0.15, -0.1) is 0 Å². The smallest absolute Gasteiger partial charge is 0.259 e. The van der Waals surface area contributed by atoms with Gasteiger partial charge in [0, 0.05) is 28.2 Å². The second-order valence-electron chi connectivity index (χ2n) is 4.31. The molecule has 104 valence electrons. The summed E-state index contributed by atoms with van der Waals surface area (Å²) in [7, 11) is 0. The number of hydrogen-bond acceptors (Lipinski definition) is 3. The third kappa shape index (κ3) is 3.93. The van der Waals surface area contributed by atoms with Gasteiger partial charge in [-0.05, 0) is 59.3 Å². The number of rotatable bonds is 5. The van der Waals surface area contributed by atoms with Crippen LogP contribution in [0.4, 0.5) is 11.4 Å². The summed E-state index contributed by atoms with van der Waals surface area (Å²) in [6, 6.07) is 9.49. The molecule has 0 atom stereocenters. The molecule has 2 aromatic rings. The van der Waals surface area contributed by atoms with E-state index in [2.05, 4.69) is 45.1 Å². The summed E-state index contributed by atoms with van der Waals surface area (Å²) in [4.78, 5) is 16.3. The first-order chi connectivity index (χ1) is 9.70. The molecule has 2 N–H and O–H groups in total. The van der Waals surface area contributed by atoms with Crippen LogP contribution in [0.1, 0.15) is 23.7 Å². The number of halogens is 1. The Balaban J connectivity index is 2.14. The normalized spacial score (nSPS) is 10.1. The lowest BCUT2D eigenvalue weighted by Gasteiger charge is -2.11. The summed E-state index contributed by atoms with van der Waals surface area (Å²) >= 11 is 2.23. The first-order valence-electron chi connectivity index (χ1n) is 6.45. The van der Waals surface area contributed by atoms with Crippen LogP contribution in [0.3, 0.4) is 0 Å². The van der Waals surface area contributed by atoms with Crippen LogP contribution in [-0.2, 0) is 0 Å². The van der Waals surface area contributed by atoms with Crippen LogP contribution in [-0.4, -0.2) is 17.4 Å². The van der Waals surface area contributed by atoms with E-state index in [1.54, 1.807) is 12.4 Å². The molecule has 0 spiro atoms. The zero-order chi connectivity index (χ0) is 14.4. The molecule has 20 heavy (non-hydrogen) atoms. The lowest BCUT2D eigenvalue weighted by Crippen LogP contribution is -2.15. The van der Waals surface area contributed by atoms with Gasteiger partial charge in [-0.25, -0.2) is 0 Å². The number of hydrogen-bond donors (Lipinski definition) is 2. The molecule has 1 heterocycles. The molecule has 0 aliphatic heterocycles. The molecular weight excluding hydrogens is 365 g/mol. The van der Waals surface area contributed by atoms with Crippen LogP contribution >= 0.6 is 22.6 Å². The van der Waals surface area contributed by atoms with Gasteiger partial charge < -0.3 is 10.6 Å². The molecule has 0 saturated carbocycles. The van der Waals surface area contributed by atoms with E-state index in [0.717, 1.165) is 27.9 Å². The fourth-order valence-corrected chi connectivity index (χ4v) is 2.08. The van der Waals surface area contributed by atoms with E-state index in [1.165, 1.54) is 0 Å². The number of carbonyl (C=O) groups is 1. The van der Waals surface area contributed by atoms with Crippen molar-refractivity contribution in [1.82, 2.24) is 4.98 Å². The van der Waals surface area contributed by atoms with Crippen molar-refractivity contribution in [2.75, 3.05) is 17.2 Å². The topological polar surface area (TPSA) is 54.0 Å². The van der Waals surface area contributed by atoms with E-state index >= 15 is 0 Å². The van der Waals surface area contributed by atoms with Crippen molar-refractivity contribution in [2.24, 2.45) is 0 Å². The van der Waals surface area contributed by atoms with Gasteiger partial charge in [0.25, 0.3) is 5.91 Å². The molecule has 0 fully saturated rings. The Morgan fingerprint density at radius 3 is 2.70 bits per heavy atom. The minimum atomic E-state index is -0.155. The van der Waals surface area contributed by atoms with Crippen molar-refractivity contribution in [3.05, 3.63) is 51.9 Å². The Labute approximate surface area is 132 Å². The summed E-state index contributed by atoms with van der Waals surface area (Å²) < 4.78 is 1.13. The fourth-order valence-electron chi connectivity index (χ4n) is 1.72. The van der Waals surface area contributed by atoms with Crippen molar-refractivity contribution in [1.29, 1.82) is 0 Å². The lowest BCUT2D eigenvalue weighted by atomic mass is 10.2. The third-order valence-electron chi connectivity index (χ3n) is 2.73. The molecule has 5 heteroatoms. The predicted octanol–water partition coefficient (Wildman–Crippen LogP) is 3.76. The zero-order valence-electron chi connectivity index (χ0n) is 11.2. The first-order valence-corrected chi connectivity index (χ1v) is 7.53. The monoisotopic (exact) mass is 381 g/mol. The molecule has 2 rings (SSSR count). The molecule has 1 amide bonds. The van der Waals surface area contributed by atoms with Crippen molar-refractivity contribution < 1.29 is 4.79 Å². The van der Waals surface area contributed by atoms with Gasteiger partial charge in [-0.2, -0.15) is 0 Å². The van der Waals surface area contributed by atoms with Gasteiger partial charge in [0.05, 0.1) is 11.3 Å². The van der Waals surface area contributed by atoms with Gasteiger partial charge in [-0.3, -0.25) is 9.78 Å². The summed E-state index contributed by atoms with van der Waals surface area (Å²) in [6.45, 7) is 2.91. The van der Waals surface area contributed by atoms with Crippen molar-refractivity contribution in [3.63, 3.8) is 0 Å². The maximum Gasteiger partial charge on any atom is 0.259 e. The minimum Gasteiger partial charge on any atom is -0.384 e. The summed E-state index contributed by atoms with van der Waals surface area (Å²) in [5.41, 5.74) is 2.14. The van der Waals surface area contributed by atoms with E-state index < -0.39 is 0 Å². The number of nitrogens with one attached hydrogen (secondary N) is 2. The quantitative estimate of drug-likeness (QED) is 0.776. The molecular formula is C15H16IN3O. The van der Waals surface area contributed by atoms with Gasteiger partial charge in [-0.1, -0.05) is 6.92 Å². The van der Waals surface area contributed by atoms with E-state index in [-0.39, 0.29) is 5.91 Å². The number of benzene rings is 1. The Bertz CT molecular complexity index is 584. The van der Waals surface area contributed by atoms with Crippen LogP contribution in [0.5, 0.6) is 0 Å². The standard InChI is InChI=1S/C15H16IN3O/c1-2-8-18-14-7-9-17-10-13(14)15(20)19-12-5-3-11(16)4-6-12/h3-7,9-10H,2,8H2,1H3,(H,17,18)(H,19,20). The van der Waals surface area contributed by atoms with Crippen LogP contribution in [0.2, 0.25) is 0 Å². The zero-order valence-corrected chi connectivity index (χ0v) is 13.3. The minimum absolute atomic E-state index is 0.155. The maximum absolute atomic E-state index is 12.3. The Kier molecular flexibility index (Phi) is 5.34. The van der Waals surface area contributed by atoms with Crippen LogP contribution in [0.25, 0.3) is 0 Å². The summed E-state index contributed by atoms with van der Waals surface area (Å²) in [6.07, 6.45) is 4.26. The Hall–Kier alpha value is -1.63. The van der Waals surface area contributed by atoms with Crippen LogP contribution < -0.4 is 10.6 Å². The summed E-state index contributed by atoms with van der Waals surface area (Å²) in [5.74, 6) is -0.155. The van der Waals surface area contributed by atoms with Crippen molar-refractivity contribution >= 4 is 39.9 Å². The van der Waals surface area contributed by atoms with Crippen LogP contribution in [0.15, 0.2) is 42.7 Å². The molecule has 0 bridgehead atoms. The largest absolute Gasteiger partial charge is 0.384 e. The number of amides is 1. The highest BCUT2D eigenvalue weighted by Gasteiger charge is 2.11. The number of pyridine rings is 1. The molecule has 1 aromatic heterocycles. The average Bonchev–Trinajstić information content (AvgIpc) is 2.47. The van der Waals surface area contributed by atoms with Gasteiger partial charge >= 0.3 is 0 Å². The second kappa shape index (κ2) is 7.23. The molecule has 0 aliphatic rings. The highest BCUT2D eigenvalue weighted by molar-refractivity contribution is 14.1. The number of anilines is 2. The Morgan fingerprint density at radius 1 is 1.25 bits per heavy atom. The molecule has 1 aromatic carbocycles. The van der Waals surface area contributed by atoms with E-state index in [9.17, 15) is 4.79 Å². The fraction of sp³-hybridized carbons (Fsp3) is 0.200. The molecule has 0 aliphatic carbocycles. The van der Waals surface area contributed by atoms with Gasteiger partial charge in [0.15, 0.2) is 0 Å².